The van der Waals surface area contributed by atoms with Gasteiger partial charge in [-0.25, -0.2) is 0 Å². The van der Waals surface area contributed by atoms with E-state index in [4.69, 9.17) is 4.42 Å². The van der Waals surface area contributed by atoms with Crippen LogP contribution in [0.4, 0.5) is 5.69 Å². The molecule has 1 atom stereocenters. The number of benzene rings is 1. The Morgan fingerprint density at radius 2 is 1.79 bits per heavy atom. The second kappa shape index (κ2) is 9.75. The standard InChI is InChI=1S/C24H36N4O/c1-27(2)22-16-17-28(18-22)21-14-12-20(13-15-21)24-26-25-23(29-24)11-7-6-10-19-8-4-3-5-9-19/h12-15,19,22H,3-11,16-18H2,1-2H3. The van der Waals surface area contributed by atoms with E-state index in [1.54, 1.807) is 0 Å². The summed E-state index contributed by atoms with van der Waals surface area (Å²) < 4.78 is 5.93. The highest BCUT2D eigenvalue weighted by molar-refractivity contribution is 5.59. The molecule has 158 valence electrons. The first-order valence-corrected chi connectivity index (χ1v) is 11.5. The van der Waals surface area contributed by atoms with Gasteiger partial charge in [0.05, 0.1) is 0 Å². The lowest BCUT2D eigenvalue weighted by Gasteiger charge is -2.21. The summed E-state index contributed by atoms with van der Waals surface area (Å²) in [7, 11) is 4.33. The van der Waals surface area contributed by atoms with Crippen LogP contribution >= 0.6 is 0 Å². The molecule has 0 N–H and O–H groups in total. The van der Waals surface area contributed by atoms with Crippen LogP contribution in [0.5, 0.6) is 0 Å². The van der Waals surface area contributed by atoms with E-state index in [1.807, 2.05) is 0 Å². The molecule has 1 aliphatic heterocycles. The van der Waals surface area contributed by atoms with E-state index >= 15 is 0 Å². The number of hydrogen-bond acceptors (Lipinski definition) is 5. The first-order valence-electron chi connectivity index (χ1n) is 11.5. The molecule has 1 aliphatic carbocycles. The predicted octanol–water partition coefficient (Wildman–Crippen LogP) is 5.17. The number of likely N-dealkylation sites (N-methyl/N-ethyl adjacent to an activating group) is 1. The van der Waals surface area contributed by atoms with Gasteiger partial charge in [0.25, 0.3) is 0 Å². The van der Waals surface area contributed by atoms with Crippen molar-refractivity contribution in [3.8, 4) is 11.5 Å². The molecule has 2 aliphatic rings. The van der Waals surface area contributed by atoms with Gasteiger partial charge in [0, 0.05) is 36.8 Å². The van der Waals surface area contributed by atoms with Gasteiger partial charge in [-0.15, -0.1) is 10.2 Å². The van der Waals surface area contributed by atoms with E-state index in [0.29, 0.717) is 11.9 Å². The maximum absolute atomic E-state index is 5.93. The van der Waals surface area contributed by atoms with Gasteiger partial charge in [-0.05, 0) is 57.1 Å². The maximum Gasteiger partial charge on any atom is 0.247 e. The molecular formula is C24H36N4O. The number of anilines is 1. The number of aryl methyl sites for hydroxylation is 1. The lowest BCUT2D eigenvalue weighted by Crippen LogP contribution is -2.31. The third-order valence-electron chi connectivity index (χ3n) is 6.82. The molecule has 1 unspecified atom stereocenters. The molecule has 2 heterocycles. The van der Waals surface area contributed by atoms with Gasteiger partial charge in [0.2, 0.25) is 11.8 Å². The van der Waals surface area contributed by atoms with Crippen molar-refractivity contribution in [3.05, 3.63) is 30.2 Å². The van der Waals surface area contributed by atoms with Crippen LogP contribution in [0.1, 0.15) is 63.7 Å². The monoisotopic (exact) mass is 396 g/mol. The Kier molecular flexibility index (Phi) is 6.86. The highest BCUT2D eigenvalue weighted by atomic mass is 16.4. The molecule has 4 rings (SSSR count). The molecule has 1 aromatic carbocycles. The summed E-state index contributed by atoms with van der Waals surface area (Å²) in [5, 5.41) is 8.55. The number of hydrogen-bond donors (Lipinski definition) is 0. The molecule has 0 spiro atoms. The van der Waals surface area contributed by atoms with E-state index in [2.05, 4.69) is 58.4 Å². The van der Waals surface area contributed by atoms with Crippen LogP contribution in [0.2, 0.25) is 0 Å². The van der Waals surface area contributed by atoms with Crippen LogP contribution in [-0.2, 0) is 6.42 Å². The summed E-state index contributed by atoms with van der Waals surface area (Å²) >= 11 is 0. The molecular weight excluding hydrogens is 360 g/mol. The minimum absolute atomic E-state index is 0.645. The SMILES string of the molecule is CN(C)C1CCN(c2ccc(-c3nnc(CCCCC4CCCCC4)o3)cc2)C1. The molecule has 1 saturated heterocycles. The van der Waals surface area contributed by atoms with E-state index < -0.39 is 0 Å². The Hall–Kier alpha value is -1.88. The molecule has 2 fully saturated rings. The van der Waals surface area contributed by atoms with E-state index in [0.717, 1.165) is 43.3 Å². The lowest BCUT2D eigenvalue weighted by molar-refractivity contribution is 0.315. The molecule has 5 nitrogen and oxygen atoms in total. The smallest absolute Gasteiger partial charge is 0.247 e. The van der Waals surface area contributed by atoms with Crippen molar-refractivity contribution >= 4 is 5.69 Å². The van der Waals surface area contributed by atoms with Gasteiger partial charge >= 0.3 is 0 Å². The van der Waals surface area contributed by atoms with Crippen LogP contribution in [0.3, 0.4) is 0 Å². The van der Waals surface area contributed by atoms with Gasteiger partial charge in [0.15, 0.2) is 0 Å². The van der Waals surface area contributed by atoms with Crippen LogP contribution in [0, 0.1) is 5.92 Å². The second-order valence-electron chi connectivity index (χ2n) is 9.15. The number of rotatable bonds is 8. The van der Waals surface area contributed by atoms with Crippen molar-refractivity contribution in [2.45, 2.75) is 70.3 Å². The zero-order chi connectivity index (χ0) is 20.1. The van der Waals surface area contributed by atoms with Gasteiger partial charge in [0.1, 0.15) is 0 Å². The van der Waals surface area contributed by atoms with E-state index in [1.165, 1.54) is 57.1 Å². The minimum atomic E-state index is 0.645. The second-order valence-corrected chi connectivity index (χ2v) is 9.15. The molecule has 1 saturated carbocycles. The average molecular weight is 397 g/mol. The van der Waals surface area contributed by atoms with Crippen LogP contribution in [0.15, 0.2) is 28.7 Å². The first-order chi connectivity index (χ1) is 14.2. The highest BCUT2D eigenvalue weighted by Crippen LogP contribution is 2.28. The molecule has 0 amide bonds. The minimum Gasteiger partial charge on any atom is -0.421 e. The van der Waals surface area contributed by atoms with Crippen molar-refractivity contribution < 1.29 is 4.42 Å². The van der Waals surface area contributed by atoms with Gasteiger partial charge in [-0.1, -0.05) is 44.9 Å². The zero-order valence-corrected chi connectivity index (χ0v) is 18.1. The Morgan fingerprint density at radius 3 is 2.52 bits per heavy atom. The van der Waals surface area contributed by atoms with E-state index in [9.17, 15) is 0 Å². The normalized spacial score (nSPS) is 20.7. The first kappa shape index (κ1) is 20.4. The fourth-order valence-electron chi connectivity index (χ4n) is 4.87. The van der Waals surface area contributed by atoms with Crippen LogP contribution < -0.4 is 4.90 Å². The summed E-state index contributed by atoms with van der Waals surface area (Å²) in [4.78, 5) is 4.78. The van der Waals surface area contributed by atoms with Crippen molar-refractivity contribution in [2.24, 2.45) is 5.92 Å². The van der Waals surface area contributed by atoms with Crippen LogP contribution in [0.25, 0.3) is 11.5 Å². The quantitative estimate of drug-likeness (QED) is 0.576. The van der Waals surface area contributed by atoms with Crippen molar-refractivity contribution in [1.82, 2.24) is 15.1 Å². The molecule has 0 bridgehead atoms. The molecule has 2 aromatic rings. The Morgan fingerprint density at radius 1 is 1.00 bits per heavy atom. The predicted molar refractivity (Wildman–Crippen MR) is 118 cm³/mol. The summed E-state index contributed by atoms with van der Waals surface area (Å²) in [6.45, 7) is 2.21. The van der Waals surface area contributed by atoms with Crippen molar-refractivity contribution in [3.63, 3.8) is 0 Å². The number of aromatic nitrogens is 2. The van der Waals surface area contributed by atoms with Crippen LogP contribution in [-0.4, -0.2) is 48.3 Å². The summed E-state index contributed by atoms with van der Waals surface area (Å²) in [6.07, 6.45) is 13.1. The summed E-state index contributed by atoms with van der Waals surface area (Å²) in [5.74, 6) is 2.39. The average Bonchev–Trinajstić information content (AvgIpc) is 3.42. The van der Waals surface area contributed by atoms with Crippen molar-refractivity contribution in [1.29, 1.82) is 0 Å². The fraction of sp³-hybridized carbons (Fsp3) is 0.667. The Bertz CT molecular complexity index is 748. The highest BCUT2D eigenvalue weighted by Gasteiger charge is 2.24. The topological polar surface area (TPSA) is 45.4 Å². The third kappa shape index (κ3) is 5.39. The zero-order valence-electron chi connectivity index (χ0n) is 18.1. The maximum atomic E-state index is 5.93. The van der Waals surface area contributed by atoms with Gasteiger partial charge in [-0.2, -0.15) is 0 Å². The Labute approximate surface area is 175 Å². The molecule has 0 radical (unpaired) electrons. The fourth-order valence-corrected chi connectivity index (χ4v) is 4.87. The molecule has 1 aromatic heterocycles. The third-order valence-corrected chi connectivity index (χ3v) is 6.82. The Balaban J connectivity index is 1.25. The number of unbranched alkanes of at least 4 members (excludes halogenated alkanes) is 1. The largest absolute Gasteiger partial charge is 0.421 e. The van der Waals surface area contributed by atoms with Gasteiger partial charge in [-0.3, -0.25) is 0 Å². The summed E-state index contributed by atoms with van der Waals surface area (Å²) in [5.41, 5.74) is 2.29. The van der Waals surface area contributed by atoms with Gasteiger partial charge < -0.3 is 14.2 Å². The summed E-state index contributed by atoms with van der Waals surface area (Å²) in [6, 6.07) is 9.23. The van der Waals surface area contributed by atoms with E-state index in [-0.39, 0.29) is 0 Å². The van der Waals surface area contributed by atoms with Crippen molar-refractivity contribution in [2.75, 3.05) is 32.1 Å². The molecule has 5 heteroatoms. The molecule has 29 heavy (non-hydrogen) atoms. The lowest BCUT2D eigenvalue weighted by atomic mass is 9.86. The number of nitrogens with zero attached hydrogens (tertiary/aromatic N) is 4.